The fraction of sp³-hybridized carbons (Fsp3) is 0.550. The molecular weight excluding hydrogens is 374 g/mol. The monoisotopic (exact) mass is 403 g/mol. The average molecular weight is 404 g/mol. The van der Waals surface area contributed by atoms with Crippen molar-refractivity contribution in [3.63, 3.8) is 0 Å². The van der Waals surface area contributed by atoms with E-state index in [-0.39, 0.29) is 11.4 Å². The van der Waals surface area contributed by atoms with Gasteiger partial charge in [-0.3, -0.25) is 10.7 Å². The van der Waals surface area contributed by atoms with Gasteiger partial charge in [0, 0.05) is 34.6 Å². The van der Waals surface area contributed by atoms with E-state index in [0.717, 1.165) is 23.5 Å². The molecule has 3 rings (SSSR count). The summed E-state index contributed by atoms with van der Waals surface area (Å²) in [6.07, 6.45) is 10.6. The molecule has 1 aliphatic heterocycles. The molecule has 0 radical (unpaired) electrons. The first-order valence-electron chi connectivity index (χ1n) is 9.68. The molecule has 0 aliphatic carbocycles. The van der Waals surface area contributed by atoms with Crippen molar-refractivity contribution in [3.8, 4) is 0 Å². The van der Waals surface area contributed by atoms with Gasteiger partial charge in [-0.2, -0.15) is 0 Å². The van der Waals surface area contributed by atoms with E-state index >= 15 is 0 Å². The zero-order valence-corrected chi connectivity index (χ0v) is 18.0. The Morgan fingerprint density at radius 3 is 2.57 bits per heavy atom. The lowest BCUT2D eigenvalue weighted by molar-refractivity contribution is 0.0625. The molecule has 8 heteroatoms. The highest BCUT2D eigenvalue weighted by Crippen LogP contribution is 2.25. The van der Waals surface area contributed by atoms with Gasteiger partial charge in [0.15, 0.2) is 5.13 Å². The summed E-state index contributed by atoms with van der Waals surface area (Å²) < 4.78 is 5.75. The van der Waals surface area contributed by atoms with E-state index in [0.29, 0.717) is 23.1 Å². The van der Waals surface area contributed by atoms with Crippen molar-refractivity contribution in [1.29, 1.82) is 0 Å². The number of piperidine rings is 1. The third-order valence-electron chi connectivity index (χ3n) is 4.82. The van der Waals surface area contributed by atoms with Gasteiger partial charge in [0.25, 0.3) is 0 Å². The number of carbonyl (C=O) groups is 1. The molecule has 1 aliphatic rings. The molecule has 3 heterocycles. The Labute approximate surface area is 170 Å². The quantitative estimate of drug-likeness (QED) is 0.759. The van der Waals surface area contributed by atoms with Crippen molar-refractivity contribution in [1.82, 2.24) is 20.4 Å². The SMILES string of the molecule is CC1CCCC(C)N1NC(=O)Nc1ncc(/C=C/c2ncc(C(C)(C)C)o2)s1. The number of carbonyl (C=O) groups excluding carboxylic acids is 1. The number of aromatic nitrogens is 2. The molecule has 2 atom stereocenters. The summed E-state index contributed by atoms with van der Waals surface area (Å²) in [7, 11) is 0. The van der Waals surface area contributed by atoms with Crippen LogP contribution in [0.3, 0.4) is 0 Å². The van der Waals surface area contributed by atoms with E-state index in [1.54, 1.807) is 12.4 Å². The van der Waals surface area contributed by atoms with Crippen molar-refractivity contribution in [3.05, 3.63) is 28.9 Å². The molecular formula is C20H29N5O2S. The minimum absolute atomic E-state index is 0.0720. The van der Waals surface area contributed by atoms with Crippen LogP contribution in [0.4, 0.5) is 9.93 Å². The van der Waals surface area contributed by atoms with Gasteiger partial charge in [-0.15, -0.1) is 0 Å². The van der Waals surface area contributed by atoms with Crippen LogP contribution in [0.2, 0.25) is 0 Å². The maximum atomic E-state index is 12.3. The fourth-order valence-corrected chi connectivity index (χ4v) is 3.88. The molecule has 2 unspecified atom stereocenters. The number of nitrogens with zero attached hydrogens (tertiary/aromatic N) is 3. The van der Waals surface area contributed by atoms with Crippen LogP contribution in [0.5, 0.6) is 0 Å². The highest BCUT2D eigenvalue weighted by Gasteiger charge is 2.26. The summed E-state index contributed by atoms with van der Waals surface area (Å²) in [6, 6.07) is 0.416. The topological polar surface area (TPSA) is 83.3 Å². The molecule has 2 aromatic rings. The van der Waals surface area contributed by atoms with Gasteiger partial charge < -0.3 is 4.42 Å². The summed E-state index contributed by atoms with van der Waals surface area (Å²) in [6.45, 7) is 10.5. The Bertz CT molecular complexity index is 826. The highest BCUT2D eigenvalue weighted by molar-refractivity contribution is 7.16. The van der Waals surface area contributed by atoms with Gasteiger partial charge in [0.2, 0.25) is 5.89 Å². The van der Waals surface area contributed by atoms with Crippen LogP contribution in [0.25, 0.3) is 12.2 Å². The van der Waals surface area contributed by atoms with E-state index in [2.05, 4.69) is 55.3 Å². The van der Waals surface area contributed by atoms with Crippen molar-refractivity contribution < 1.29 is 9.21 Å². The van der Waals surface area contributed by atoms with E-state index < -0.39 is 0 Å². The normalized spacial score (nSPS) is 21.2. The number of hydrazine groups is 1. The molecule has 1 fully saturated rings. The number of thiazole rings is 1. The second kappa shape index (κ2) is 8.45. The van der Waals surface area contributed by atoms with Gasteiger partial charge in [-0.1, -0.05) is 38.5 Å². The standard InChI is InChI=1S/C20H29N5O2S/c1-13-7-6-8-14(2)25(13)24-18(26)23-19-22-11-15(28-19)9-10-17-21-12-16(27-17)20(3,4)5/h9-14H,6-8H2,1-5H3,(H2,22,23,24,26)/b10-9+. The van der Waals surface area contributed by atoms with E-state index in [1.807, 2.05) is 17.2 Å². The van der Waals surface area contributed by atoms with Gasteiger partial charge in [0.05, 0.1) is 6.20 Å². The second-order valence-electron chi connectivity index (χ2n) is 8.32. The van der Waals surface area contributed by atoms with Crippen LogP contribution >= 0.6 is 11.3 Å². The highest BCUT2D eigenvalue weighted by atomic mass is 32.1. The van der Waals surface area contributed by atoms with E-state index in [9.17, 15) is 4.79 Å². The zero-order chi connectivity index (χ0) is 20.3. The van der Waals surface area contributed by atoms with Crippen molar-refractivity contribution in [2.75, 3.05) is 5.32 Å². The molecule has 2 aromatic heterocycles. The largest absolute Gasteiger partial charge is 0.441 e. The van der Waals surface area contributed by atoms with Crippen LogP contribution in [0.15, 0.2) is 16.8 Å². The number of urea groups is 1. The lowest BCUT2D eigenvalue weighted by Gasteiger charge is -2.38. The summed E-state index contributed by atoms with van der Waals surface area (Å²) in [4.78, 5) is 21.8. The van der Waals surface area contributed by atoms with Crippen LogP contribution in [-0.2, 0) is 5.41 Å². The van der Waals surface area contributed by atoms with Crippen LogP contribution in [0, 0.1) is 0 Å². The Morgan fingerprint density at radius 1 is 1.21 bits per heavy atom. The van der Waals surface area contributed by atoms with E-state index in [4.69, 9.17) is 4.42 Å². The van der Waals surface area contributed by atoms with Crippen LogP contribution in [0.1, 0.15) is 70.4 Å². The molecule has 2 N–H and O–H groups in total. The Kier molecular flexibility index (Phi) is 6.20. The Morgan fingerprint density at radius 2 is 1.93 bits per heavy atom. The minimum Gasteiger partial charge on any atom is -0.441 e. The first-order chi connectivity index (χ1) is 13.2. The molecule has 2 amide bonds. The third kappa shape index (κ3) is 5.20. The average Bonchev–Trinajstić information content (AvgIpc) is 3.25. The number of anilines is 1. The van der Waals surface area contributed by atoms with E-state index in [1.165, 1.54) is 17.8 Å². The molecule has 0 spiro atoms. The summed E-state index contributed by atoms with van der Waals surface area (Å²) in [5.74, 6) is 1.40. The van der Waals surface area contributed by atoms with Gasteiger partial charge >= 0.3 is 6.03 Å². The molecule has 0 saturated carbocycles. The minimum atomic E-state index is -0.256. The lowest BCUT2D eigenvalue weighted by Crippen LogP contribution is -2.55. The third-order valence-corrected chi connectivity index (χ3v) is 5.70. The van der Waals surface area contributed by atoms with Crippen molar-refractivity contribution in [2.24, 2.45) is 0 Å². The fourth-order valence-electron chi connectivity index (χ4n) is 3.17. The lowest BCUT2D eigenvalue weighted by atomic mass is 9.94. The predicted molar refractivity (Wildman–Crippen MR) is 113 cm³/mol. The predicted octanol–water partition coefficient (Wildman–Crippen LogP) is 4.90. The van der Waals surface area contributed by atoms with Crippen LogP contribution in [-0.4, -0.2) is 33.1 Å². The first-order valence-corrected chi connectivity index (χ1v) is 10.5. The molecule has 152 valence electrons. The molecule has 28 heavy (non-hydrogen) atoms. The molecule has 1 saturated heterocycles. The van der Waals surface area contributed by atoms with Gasteiger partial charge in [0.1, 0.15) is 5.76 Å². The summed E-state index contributed by atoms with van der Waals surface area (Å²) in [5, 5.41) is 5.40. The van der Waals surface area contributed by atoms with Crippen LogP contribution < -0.4 is 10.7 Å². The number of amides is 2. The Hall–Kier alpha value is -2.19. The summed E-state index contributed by atoms with van der Waals surface area (Å²) >= 11 is 1.40. The van der Waals surface area contributed by atoms with Crippen molar-refractivity contribution >= 4 is 34.7 Å². The van der Waals surface area contributed by atoms with Gasteiger partial charge in [-0.25, -0.2) is 19.8 Å². The number of hydrogen-bond acceptors (Lipinski definition) is 6. The molecule has 0 bridgehead atoms. The Balaban J connectivity index is 1.56. The zero-order valence-electron chi connectivity index (χ0n) is 17.2. The first kappa shape index (κ1) is 20.5. The number of hydrogen-bond donors (Lipinski definition) is 2. The smallest absolute Gasteiger partial charge is 0.335 e. The maximum Gasteiger partial charge on any atom is 0.335 e. The molecule has 7 nitrogen and oxygen atoms in total. The van der Waals surface area contributed by atoms with Gasteiger partial charge in [-0.05, 0) is 32.8 Å². The number of oxazole rings is 1. The second-order valence-corrected chi connectivity index (χ2v) is 9.38. The maximum absolute atomic E-state index is 12.3. The number of nitrogens with one attached hydrogen (secondary N) is 2. The van der Waals surface area contributed by atoms with Crippen molar-refractivity contribution in [2.45, 2.75) is 71.4 Å². The molecule has 0 aromatic carbocycles. The summed E-state index contributed by atoms with van der Waals surface area (Å²) in [5.41, 5.74) is 2.89. The number of rotatable bonds is 4.